The number of hydrogen-bond donors (Lipinski definition) is 1. The molecular weight excluding hydrogens is 298 g/mol. The Morgan fingerprint density at radius 3 is 2.62 bits per heavy atom. The van der Waals surface area contributed by atoms with Crippen molar-refractivity contribution in [1.82, 2.24) is 0 Å². The molecule has 1 N–H and O–H groups in total. The van der Waals surface area contributed by atoms with E-state index in [2.05, 4.69) is 5.32 Å². The Morgan fingerprint density at radius 2 is 2.05 bits per heavy atom. The zero-order valence-electron chi connectivity index (χ0n) is 11.5. The van der Waals surface area contributed by atoms with Gasteiger partial charge in [0.05, 0.1) is 11.0 Å². The van der Waals surface area contributed by atoms with E-state index in [4.69, 9.17) is 0 Å². The second-order valence-corrected chi connectivity index (χ2v) is 5.74. The first-order valence-electron chi connectivity index (χ1n) is 6.41. The highest BCUT2D eigenvalue weighted by Crippen LogP contribution is 2.33. The Kier molecular flexibility index (Phi) is 4.52. The van der Waals surface area contributed by atoms with Gasteiger partial charge in [-0.3, -0.25) is 10.1 Å². The fourth-order valence-corrected chi connectivity index (χ4v) is 2.89. The van der Waals surface area contributed by atoms with E-state index in [1.54, 1.807) is 6.92 Å². The average Bonchev–Trinajstić information content (AvgIpc) is 2.92. The minimum absolute atomic E-state index is 0.356. The lowest BCUT2D eigenvalue weighted by Crippen LogP contribution is -2.09. The van der Waals surface area contributed by atoms with Crippen LogP contribution in [0.3, 0.4) is 0 Å². The SMILES string of the molecule is CCc1ccc(C(C)Nc2c([N+](=O)[O-])ccc(F)c2F)s1. The van der Waals surface area contributed by atoms with Crippen LogP contribution < -0.4 is 5.32 Å². The van der Waals surface area contributed by atoms with Crippen molar-refractivity contribution in [2.24, 2.45) is 0 Å². The standard InChI is InChI=1S/C14H14F2N2O2S/c1-3-9-4-7-12(21-9)8(2)17-14-11(18(19)20)6-5-10(15)13(14)16/h4-8,17H,3H2,1-2H3. The summed E-state index contributed by atoms with van der Waals surface area (Å²) >= 11 is 1.54. The number of rotatable bonds is 5. The van der Waals surface area contributed by atoms with E-state index in [9.17, 15) is 18.9 Å². The number of nitro groups is 1. The highest BCUT2D eigenvalue weighted by molar-refractivity contribution is 7.12. The van der Waals surface area contributed by atoms with E-state index in [1.807, 2.05) is 19.1 Å². The molecule has 0 radical (unpaired) electrons. The first kappa shape index (κ1) is 15.4. The lowest BCUT2D eigenvalue weighted by molar-refractivity contribution is -0.384. The number of nitrogens with one attached hydrogen (secondary N) is 1. The van der Waals surface area contributed by atoms with Crippen molar-refractivity contribution < 1.29 is 13.7 Å². The molecule has 0 aliphatic heterocycles. The summed E-state index contributed by atoms with van der Waals surface area (Å²) in [4.78, 5) is 12.3. The summed E-state index contributed by atoms with van der Waals surface area (Å²) in [6.45, 7) is 3.77. The van der Waals surface area contributed by atoms with Crippen LogP contribution in [0.4, 0.5) is 20.2 Å². The summed E-state index contributed by atoms with van der Waals surface area (Å²) in [5.41, 5.74) is -0.896. The van der Waals surface area contributed by atoms with Crippen LogP contribution in [-0.2, 0) is 6.42 Å². The van der Waals surface area contributed by atoms with Crippen LogP contribution in [0.15, 0.2) is 24.3 Å². The molecule has 4 nitrogen and oxygen atoms in total. The van der Waals surface area contributed by atoms with Crippen molar-refractivity contribution in [3.8, 4) is 0 Å². The Balaban J connectivity index is 2.33. The molecule has 0 bridgehead atoms. The lowest BCUT2D eigenvalue weighted by Gasteiger charge is -2.14. The summed E-state index contributed by atoms with van der Waals surface area (Å²) in [6.07, 6.45) is 0.881. The Labute approximate surface area is 124 Å². The smallest absolute Gasteiger partial charge is 0.295 e. The summed E-state index contributed by atoms with van der Waals surface area (Å²) in [5.74, 6) is -2.35. The topological polar surface area (TPSA) is 55.2 Å². The third-order valence-corrected chi connectivity index (χ3v) is 4.50. The van der Waals surface area contributed by atoms with E-state index in [0.29, 0.717) is 0 Å². The quantitative estimate of drug-likeness (QED) is 0.645. The van der Waals surface area contributed by atoms with Crippen LogP contribution in [0.1, 0.15) is 29.6 Å². The highest BCUT2D eigenvalue weighted by atomic mass is 32.1. The van der Waals surface area contributed by atoms with Gasteiger partial charge in [-0.2, -0.15) is 0 Å². The van der Waals surface area contributed by atoms with E-state index < -0.39 is 27.9 Å². The van der Waals surface area contributed by atoms with E-state index in [-0.39, 0.29) is 6.04 Å². The first-order chi connectivity index (χ1) is 9.93. The van der Waals surface area contributed by atoms with Crippen LogP contribution in [0.5, 0.6) is 0 Å². The normalized spacial score (nSPS) is 12.2. The van der Waals surface area contributed by atoms with Gasteiger partial charge in [0.2, 0.25) is 0 Å². The number of benzene rings is 1. The fourth-order valence-electron chi connectivity index (χ4n) is 1.93. The van der Waals surface area contributed by atoms with Gasteiger partial charge in [0.25, 0.3) is 5.69 Å². The van der Waals surface area contributed by atoms with E-state index in [1.165, 1.54) is 11.3 Å². The van der Waals surface area contributed by atoms with Gasteiger partial charge in [0, 0.05) is 15.8 Å². The van der Waals surface area contributed by atoms with Gasteiger partial charge in [-0.05, 0) is 31.5 Å². The van der Waals surface area contributed by atoms with Gasteiger partial charge >= 0.3 is 0 Å². The van der Waals surface area contributed by atoms with E-state index in [0.717, 1.165) is 28.3 Å². The van der Waals surface area contributed by atoms with Crippen molar-refractivity contribution in [2.75, 3.05) is 5.32 Å². The molecule has 1 atom stereocenters. The highest BCUT2D eigenvalue weighted by Gasteiger charge is 2.23. The van der Waals surface area contributed by atoms with Crippen LogP contribution in [0, 0.1) is 21.7 Å². The molecule has 0 amide bonds. The van der Waals surface area contributed by atoms with Gasteiger partial charge in [-0.1, -0.05) is 6.92 Å². The predicted molar refractivity (Wildman–Crippen MR) is 78.7 cm³/mol. The molecule has 0 aliphatic rings. The van der Waals surface area contributed by atoms with Gasteiger partial charge in [0.1, 0.15) is 0 Å². The molecule has 0 fully saturated rings. The van der Waals surface area contributed by atoms with Crippen molar-refractivity contribution >= 4 is 22.7 Å². The molecule has 0 saturated heterocycles. The number of nitro benzene ring substituents is 1. The summed E-state index contributed by atoms with van der Waals surface area (Å²) in [5, 5.41) is 13.6. The number of halogens is 2. The molecule has 2 aromatic rings. The predicted octanol–water partition coefficient (Wildman–Crippen LogP) is 4.67. The molecule has 1 unspecified atom stereocenters. The number of aryl methyl sites for hydroxylation is 1. The third kappa shape index (κ3) is 3.18. The van der Waals surface area contributed by atoms with E-state index >= 15 is 0 Å². The van der Waals surface area contributed by atoms with Crippen LogP contribution in [0.2, 0.25) is 0 Å². The summed E-state index contributed by atoms with van der Waals surface area (Å²) in [6, 6.07) is 5.19. The van der Waals surface area contributed by atoms with Crippen molar-refractivity contribution in [2.45, 2.75) is 26.3 Å². The molecule has 7 heteroatoms. The largest absolute Gasteiger partial charge is 0.370 e. The second-order valence-electron chi connectivity index (χ2n) is 4.54. The minimum Gasteiger partial charge on any atom is -0.370 e. The van der Waals surface area contributed by atoms with Gasteiger partial charge < -0.3 is 5.32 Å². The number of nitrogens with zero attached hydrogens (tertiary/aromatic N) is 1. The minimum atomic E-state index is -1.23. The lowest BCUT2D eigenvalue weighted by atomic mass is 10.2. The van der Waals surface area contributed by atoms with Crippen molar-refractivity contribution in [3.05, 3.63) is 55.8 Å². The summed E-state index contributed by atoms with van der Waals surface area (Å²) in [7, 11) is 0. The first-order valence-corrected chi connectivity index (χ1v) is 7.23. The Morgan fingerprint density at radius 1 is 1.33 bits per heavy atom. The monoisotopic (exact) mass is 312 g/mol. The number of anilines is 1. The molecule has 0 spiro atoms. The Hall–Kier alpha value is -2.02. The maximum absolute atomic E-state index is 13.8. The van der Waals surface area contributed by atoms with Gasteiger partial charge in [-0.25, -0.2) is 8.78 Å². The molecule has 0 saturated carbocycles. The fraction of sp³-hybridized carbons (Fsp3) is 0.286. The molecule has 1 aromatic heterocycles. The van der Waals surface area contributed by atoms with Crippen molar-refractivity contribution in [3.63, 3.8) is 0 Å². The average molecular weight is 312 g/mol. The molecule has 1 heterocycles. The molecule has 112 valence electrons. The Bertz CT molecular complexity index is 673. The number of hydrogen-bond acceptors (Lipinski definition) is 4. The maximum Gasteiger partial charge on any atom is 0.295 e. The maximum atomic E-state index is 13.8. The molecule has 1 aromatic carbocycles. The van der Waals surface area contributed by atoms with Crippen LogP contribution in [0.25, 0.3) is 0 Å². The molecule has 2 rings (SSSR count). The molecule has 0 aliphatic carbocycles. The molecular formula is C14H14F2N2O2S. The second kappa shape index (κ2) is 6.17. The van der Waals surface area contributed by atoms with Gasteiger partial charge in [0.15, 0.2) is 17.3 Å². The zero-order chi connectivity index (χ0) is 15.6. The van der Waals surface area contributed by atoms with Crippen LogP contribution in [-0.4, -0.2) is 4.92 Å². The number of thiophene rings is 1. The molecule has 21 heavy (non-hydrogen) atoms. The van der Waals surface area contributed by atoms with Crippen molar-refractivity contribution in [1.29, 1.82) is 0 Å². The van der Waals surface area contributed by atoms with Crippen LogP contribution >= 0.6 is 11.3 Å². The zero-order valence-corrected chi connectivity index (χ0v) is 12.3. The summed E-state index contributed by atoms with van der Waals surface area (Å²) < 4.78 is 27.1. The van der Waals surface area contributed by atoms with Gasteiger partial charge in [-0.15, -0.1) is 11.3 Å². The third-order valence-electron chi connectivity index (χ3n) is 3.09.